The molecule has 0 saturated heterocycles. The number of fused-ring (bicyclic) bond motifs is 3. The lowest BCUT2D eigenvalue weighted by molar-refractivity contribution is -0.0835. The molecule has 0 aromatic heterocycles. The van der Waals surface area contributed by atoms with Crippen molar-refractivity contribution in [2.75, 3.05) is 0 Å². The van der Waals surface area contributed by atoms with Crippen molar-refractivity contribution in [3.05, 3.63) is 42.0 Å². The van der Waals surface area contributed by atoms with E-state index in [-0.39, 0.29) is 11.9 Å². The summed E-state index contributed by atoms with van der Waals surface area (Å²) in [6, 6.07) is 11.5. The first-order valence-electron chi connectivity index (χ1n) is 6.06. The van der Waals surface area contributed by atoms with Gasteiger partial charge in [-0.05, 0) is 16.8 Å². The average molecular weight is 242 g/mol. The number of esters is 1. The average Bonchev–Trinajstić information content (AvgIpc) is 2.37. The third-order valence-corrected chi connectivity index (χ3v) is 3.11. The van der Waals surface area contributed by atoms with Gasteiger partial charge in [-0.2, -0.15) is 0 Å². The summed E-state index contributed by atoms with van der Waals surface area (Å²) < 4.78 is 11.0. The Morgan fingerprint density at radius 1 is 1.06 bits per heavy atom. The summed E-state index contributed by atoms with van der Waals surface area (Å²) in [5, 5.41) is 1.89. The standard InChI is InChI=1S/C15H14O3/c1-9(2)15-17-12-8-7-10-5-3-4-6-11(10)13(12)14(16)18-15/h3-9,15H,1-2H3. The largest absolute Gasteiger partial charge is 0.454 e. The number of benzene rings is 2. The van der Waals surface area contributed by atoms with Crippen LogP contribution in [-0.4, -0.2) is 12.3 Å². The summed E-state index contributed by atoms with van der Waals surface area (Å²) in [5.74, 6) is 0.448. The fraction of sp³-hybridized carbons (Fsp3) is 0.267. The van der Waals surface area contributed by atoms with E-state index in [9.17, 15) is 4.79 Å². The van der Waals surface area contributed by atoms with Gasteiger partial charge in [0.2, 0.25) is 6.29 Å². The van der Waals surface area contributed by atoms with E-state index in [0.717, 1.165) is 10.8 Å². The summed E-state index contributed by atoms with van der Waals surface area (Å²) in [4.78, 5) is 12.1. The van der Waals surface area contributed by atoms with E-state index in [2.05, 4.69) is 0 Å². The van der Waals surface area contributed by atoms with E-state index in [1.54, 1.807) is 0 Å². The molecule has 0 saturated carbocycles. The van der Waals surface area contributed by atoms with Crippen molar-refractivity contribution in [3.8, 4) is 5.75 Å². The van der Waals surface area contributed by atoms with E-state index in [0.29, 0.717) is 11.3 Å². The third kappa shape index (κ3) is 1.63. The second-order valence-electron chi connectivity index (χ2n) is 4.80. The second-order valence-corrected chi connectivity index (χ2v) is 4.80. The van der Waals surface area contributed by atoms with Gasteiger partial charge >= 0.3 is 5.97 Å². The highest BCUT2D eigenvalue weighted by Crippen LogP contribution is 2.34. The van der Waals surface area contributed by atoms with Gasteiger partial charge in [-0.15, -0.1) is 0 Å². The molecule has 1 atom stereocenters. The van der Waals surface area contributed by atoms with Crippen LogP contribution in [0.25, 0.3) is 10.8 Å². The van der Waals surface area contributed by atoms with Gasteiger partial charge in [0, 0.05) is 5.92 Å². The first kappa shape index (κ1) is 11.1. The maximum Gasteiger partial charge on any atom is 0.345 e. The molecular weight excluding hydrogens is 228 g/mol. The maximum absolute atomic E-state index is 12.1. The highest BCUT2D eigenvalue weighted by molar-refractivity contribution is 6.07. The molecule has 2 aromatic rings. The minimum absolute atomic E-state index is 0.133. The van der Waals surface area contributed by atoms with E-state index in [1.807, 2.05) is 50.2 Å². The third-order valence-electron chi connectivity index (χ3n) is 3.11. The van der Waals surface area contributed by atoms with Crippen molar-refractivity contribution in [2.24, 2.45) is 5.92 Å². The molecule has 3 heteroatoms. The zero-order valence-electron chi connectivity index (χ0n) is 10.3. The Hall–Kier alpha value is -2.03. The minimum Gasteiger partial charge on any atom is -0.454 e. The van der Waals surface area contributed by atoms with Crippen molar-refractivity contribution in [2.45, 2.75) is 20.1 Å². The fourth-order valence-corrected chi connectivity index (χ4v) is 2.15. The summed E-state index contributed by atoms with van der Waals surface area (Å²) >= 11 is 0. The van der Waals surface area contributed by atoms with Gasteiger partial charge in [-0.25, -0.2) is 4.79 Å². The van der Waals surface area contributed by atoms with Crippen molar-refractivity contribution in [1.29, 1.82) is 0 Å². The first-order valence-corrected chi connectivity index (χ1v) is 6.06. The van der Waals surface area contributed by atoms with Gasteiger partial charge in [-0.3, -0.25) is 0 Å². The SMILES string of the molecule is CC(C)C1OC(=O)c2c(ccc3ccccc23)O1. The van der Waals surface area contributed by atoms with Gasteiger partial charge < -0.3 is 9.47 Å². The maximum atomic E-state index is 12.1. The molecule has 1 heterocycles. The molecule has 1 aliphatic heterocycles. The molecule has 1 aliphatic rings. The Bertz CT molecular complexity index is 616. The number of ether oxygens (including phenoxy) is 2. The summed E-state index contributed by atoms with van der Waals surface area (Å²) in [6.07, 6.45) is -0.494. The van der Waals surface area contributed by atoms with Crippen molar-refractivity contribution < 1.29 is 14.3 Å². The Labute approximate surface area is 105 Å². The Morgan fingerprint density at radius 2 is 1.83 bits per heavy atom. The van der Waals surface area contributed by atoms with Gasteiger partial charge in [0.25, 0.3) is 0 Å². The van der Waals surface area contributed by atoms with Crippen LogP contribution in [0.15, 0.2) is 36.4 Å². The molecule has 0 N–H and O–H groups in total. The fourth-order valence-electron chi connectivity index (χ4n) is 2.15. The molecule has 1 unspecified atom stereocenters. The van der Waals surface area contributed by atoms with E-state index < -0.39 is 6.29 Å². The van der Waals surface area contributed by atoms with Crippen LogP contribution in [0.4, 0.5) is 0 Å². The Balaban J connectivity index is 2.18. The number of carbonyl (C=O) groups is 1. The van der Waals surface area contributed by atoms with Crippen molar-refractivity contribution >= 4 is 16.7 Å². The summed E-state index contributed by atoms with van der Waals surface area (Å²) in [6.45, 7) is 3.92. The number of carbonyl (C=O) groups excluding carboxylic acids is 1. The molecule has 0 radical (unpaired) electrons. The van der Waals surface area contributed by atoms with Crippen LogP contribution < -0.4 is 4.74 Å². The lowest BCUT2D eigenvalue weighted by Crippen LogP contribution is -2.34. The monoisotopic (exact) mass is 242 g/mol. The molecule has 0 spiro atoms. The van der Waals surface area contributed by atoms with Crippen LogP contribution in [0.3, 0.4) is 0 Å². The van der Waals surface area contributed by atoms with E-state index in [1.165, 1.54) is 0 Å². The first-order chi connectivity index (χ1) is 8.66. The molecule has 0 fully saturated rings. The van der Waals surface area contributed by atoms with Gasteiger partial charge in [0.05, 0.1) is 0 Å². The zero-order chi connectivity index (χ0) is 12.7. The second kappa shape index (κ2) is 4.02. The molecule has 2 aromatic carbocycles. The molecule has 0 amide bonds. The molecule has 18 heavy (non-hydrogen) atoms. The number of hydrogen-bond acceptors (Lipinski definition) is 3. The number of rotatable bonds is 1. The highest BCUT2D eigenvalue weighted by Gasteiger charge is 2.30. The van der Waals surface area contributed by atoms with Gasteiger partial charge in [0.15, 0.2) is 0 Å². The van der Waals surface area contributed by atoms with Crippen molar-refractivity contribution in [1.82, 2.24) is 0 Å². The van der Waals surface area contributed by atoms with Crippen LogP contribution in [0, 0.1) is 5.92 Å². The Kier molecular flexibility index (Phi) is 2.47. The van der Waals surface area contributed by atoms with Crippen LogP contribution >= 0.6 is 0 Å². The number of hydrogen-bond donors (Lipinski definition) is 0. The van der Waals surface area contributed by atoms with E-state index >= 15 is 0 Å². The molecule has 92 valence electrons. The number of cyclic esters (lactones) is 1. The van der Waals surface area contributed by atoms with Gasteiger partial charge in [0.1, 0.15) is 11.3 Å². The molecule has 3 nitrogen and oxygen atoms in total. The smallest absolute Gasteiger partial charge is 0.345 e. The zero-order valence-corrected chi connectivity index (χ0v) is 10.3. The molecule has 3 rings (SSSR count). The van der Waals surface area contributed by atoms with E-state index in [4.69, 9.17) is 9.47 Å². The van der Waals surface area contributed by atoms with Crippen LogP contribution in [-0.2, 0) is 4.74 Å². The topological polar surface area (TPSA) is 35.5 Å². The molecular formula is C15H14O3. The lowest BCUT2D eigenvalue weighted by atomic mass is 10.0. The quantitative estimate of drug-likeness (QED) is 0.719. The molecule has 0 bridgehead atoms. The minimum atomic E-state index is -0.494. The molecule has 0 aliphatic carbocycles. The summed E-state index contributed by atoms with van der Waals surface area (Å²) in [7, 11) is 0. The highest BCUT2D eigenvalue weighted by atomic mass is 16.7. The predicted molar refractivity (Wildman–Crippen MR) is 68.6 cm³/mol. The van der Waals surface area contributed by atoms with Crippen molar-refractivity contribution in [3.63, 3.8) is 0 Å². The normalized spacial score (nSPS) is 18.4. The summed E-state index contributed by atoms with van der Waals surface area (Å²) in [5.41, 5.74) is 0.532. The van der Waals surface area contributed by atoms with Crippen LogP contribution in [0.5, 0.6) is 5.75 Å². The Morgan fingerprint density at radius 3 is 2.61 bits per heavy atom. The van der Waals surface area contributed by atoms with Crippen LogP contribution in [0.2, 0.25) is 0 Å². The van der Waals surface area contributed by atoms with Gasteiger partial charge in [-0.1, -0.05) is 44.2 Å². The lowest BCUT2D eigenvalue weighted by Gasteiger charge is -2.28. The van der Waals surface area contributed by atoms with Crippen LogP contribution in [0.1, 0.15) is 24.2 Å². The predicted octanol–water partition coefficient (Wildman–Crippen LogP) is 3.37.